The number of aliphatic hydroxyl groups is 1. The SMILES string of the molecule is C[C@@H](c1ccccc1)N(C)C(=O)COC(=O)C12C[C@H]3C[C@@H](CC(O)(C3)C1)C2. The van der Waals surface area contributed by atoms with Gasteiger partial charge < -0.3 is 14.7 Å². The van der Waals surface area contributed by atoms with Gasteiger partial charge in [0.1, 0.15) is 0 Å². The maximum atomic E-state index is 12.9. The van der Waals surface area contributed by atoms with Gasteiger partial charge in [0.05, 0.1) is 17.1 Å². The van der Waals surface area contributed by atoms with Gasteiger partial charge in [-0.3, -0.25) is 9.59 Å². The number of esters is 1. The number of carbonyl (C=O) groups is 2. The second-order valence-corrected chi connectivity index (χ2v) is 9.13. The third-order valence-electron chi connectivity index (χ3n) is 7.05. The van der Waals surface area contributed by atoms with Gasteiger partial charge in [-0.2, -0.15) is 0 Å². The van der Waals surface area contributed by atoms with Crippen LogP contribution in [0.3, 0.4) is 0 Å². The smallest absolute Gasteiger partial charge is 0.312 e. The van der Waals surface area contributed by atoms with E-state index in [2.05, 4.69) is 0 Å². The molecule has 0 radical (unpaired) electrons. The highest BCUT2D eigenvalue weighted by Crippen LogP contribution is 2.61. The van der Waals surface area contributed by atoms with Crippen molar-refractivity contribution in [2.75, 3.05) is 13.7 Å². The first-order valence-electron chi connectivity index (χ1n) is 10.0. The highest BCUT2D eigenvalue weighted by molar-refractivity contribution is 5.83. The number of amides is 1. The van der Waals surface area contributed by atoms with Crippen LogP contribution in [0.4, 0.5) is 0 Å². The number of nitrogens with zero attached hydrogens (tertiary/aromatic N) is 1. The van der Waals surface area contributed by atoms with Gasteiger partial charge in [0.25, 0.3) is 5.91 Å². The van der Waals surface area contributed by atoms with Gasteiger partial charge >= 0.3 is 5.97 Å². The Bertz CT molecular complexity index is 717. The highest BCUT2D eigenvalue weighted by atomic mass is 16.5. The lowest BCUT2D eigenvalue weighted by Gasteiger charge is -2.58. The van der Waals surface area contributed by atoms with Crippen molar-refractivity contribution in [3.8, 4) is 0 Å². The van der Waals surface area contributed by atoms with E-state index in [4.69, 9.17) is 4.74 Å². The number of benzene rings is 1. The molecule has 0 aliphatic heterocycles. The minimum Gasteiger partial charge on any atom is -0.455 e. The van der Waals surface area contributed by atoms with E-state index in [0.29, 0.717) is 18.3 Å². The molecule has 4 aliphatic carbocycles. The van der Waals surface area contributed by atoms with Crippen molar-refractivity contribution < 1.29 is 19.4 Å². The van der Waals surface area contributed by atoms with Crippen LogP contribution in [0.1, 0.15) is 57.1 Å². The molecule has 5 rings (SSSR count). The molecule has 3 atom stereocenters. The van der Waals surface area contributed by atoms with Crippen LogP contribution in [0, 0.1) is 17.3 Å². The molecule has 0 saturated heterocycles. The van der Waals surface area contributed by atoms with E-state index < -0.39 is 11.0 Å². The van der Waals surface area contributed by atoms with Crippen molar-refractivity contribution in [3.63, 3.8) is 0 Å². The minimum atomic E-state index is -0.703. The Hall–Kier alpha value is -1.88. The second-order valence-electron chi connectivity index (χ2n) is 9.13. The third-order valence-corrected chi connectivity index (χ3v) is 7.05. The van der Waals surface area contributed by atoms with Crippen LogP contribution in [0.25, 0.3) is 0 Å². The second kappa shape index (κ2) is 6.62. The molecule has 0 aromatic heterocycles. The molecular weight excluding hydrogens is 342 g/mol. The van der Waals surface area contributed by atoms with Gasteiger partial charge in [-0.15, -0.1) is 0 Å². The summed E-state index contributed by atoms with van der Waals surface area (Å²) >= 11 is 0. The summed E-state index contributed by atoms with van der Waals surface area (Å²) in [7, 11) is 1.74. The van der Waals surface area contributed by atoms with E-state index >= 15 is 0 Å². The summed E-state index contributed by atoms with van der Waals surface area (Å²) in [4.78, 5) is 27.1. The summed E-state index contributed by atoms with van der Waals surface area (Å²) < 4.78 is 5.50. The largest absolute Gasteiger partial charge is 0.455 e. The third kappa shape index (κ3) is 3.38. The molecule has 27 heavy (non-hydrogen) atoms. The van der Waals surface area contributed by atoms with Crippen LogP contribution in [-0.2, 0) is 14.3 Å². The van der Waals surface area contributed by atoms with E-state index in [1.165, 1.54) is 0 Å². The number of ether oxygens (including phenoxy) is 1. The molecule has 5 nitrogen and oxygen atoms in total. The number of hydrogen-bond acceptors (Lipinski definition) is 4. The van der Waals surface area contributed by atoms with Crippen LogP contribution < -0.4 is 0 Å². The molecule has 1 N–H and O–H groups in total. The lowest BCUT2D eigenvalue weighted by atomic mass is 9.48. The zero-order chi connectivity index (χ0) is 19.2. The molecule has 146 valence electrons. The molecule has 1 amide bonds. The Balaban J connectivity index is 1.37. The molecule has 0 heterocycles. The van der Waals surface area contributed by atoms with Gasteiger partial charge in [-0.05, 0) is 62.8 Å². The highest BCUT2D eigenvalue weighted by Gasteiger charge is 2.60. The molecule has 4 bridgehead atoms. The van der Waals surface area contributed by atoms with Gasteiger partial charge in [0.15, 0.2) is 6.61 Å². The lowest BCUT2D eigenvalue weighted by molar-refractivity contribution is -0.197. The first-order chi connectivity index (χ1) is 12.8. The normalized spacial score (nSPS) is 34.9. The number of hydrogen-bond donors (Lipinski definition) is 1. The molecule has 4 saturated carbocycles. The van der Waals surface area contributed by atoms with Crippen LogP contribution in [0.15, 0.2) is 30.3 Å². The summed E-state index contributed by atoms with van der Waals surface area (Å²) in [6, 6.07) is 9.72. The van der Waals surface area contributed by atoms with E-state index in [-0.39, 0.29) is 24.5 Å². The maximum Gasteiger partial charge on any atom is 0.312 e. The van der Waals surface area contributed by atoms with E-state index in [9.17, 15) is 14.7 Å². The molecule has 0 spiro atoms. The van der Waals surface area contributed by atoms with Crippen molar-refractivity contribution >= 4 is 11.9 Å². The fourth-order valence-corrected chi connectivity index (χ4v) is 6.01. The Morgan fingerprint density at radius 2 is 1.81 bits per heavy atom. The predicted octanol–water partition coefficient (Wildman–Crippen LogP) is 3.08. The van der Waals surface area contributed by atoms with Crippen LogP contribution in [0.2, 0.25) is 0 Å². The van der Waals surface area contributed by atoms with E-state index in [1.54, 1.807) is 11.9 Å². The quantitative estimate of drug-likeness (QED) is 0.808. The predicted molar refractivity (Wildman–Crippen MR) is 101 cm³/mol. The molecule has 1 aromatic rings. The molecule has 4 aliphatic rings. The maximum absolute atomic E-state index is 12.9. The Morgan fingerprint density at radius 3 is 2.41 bits per heavy atom. The number of likely N-dealkylation sites (N-methyl/N-ethyl adjacent to an activating group) is 1. The van der Waals surface area contributed by atoms with Crippen molar-refractivity contribution in [2.24, 2.45) is 17.3 Å². The van der Waals surface area contributed by atoms with E-state index in [0.717, 1.165) is 37.7 Å². The number of carbonyl (C=O) groups excluding carboxylic acids is 2. The zero-order valence-electron chi connectivity index (χ0n) is 16.2. The summed E-state index contributed by atoms with van der Waals surface area (Å²) in [6.45, 7) is 1.73. The molecule has 4 fully saturated rings. The van der Waals surface area contributed by atoms with Crippen LogP contribution in [-0.4, -0.2) is 41.1 Å². The monoisotopic (exact) mass is 371 g/mol. The Kier molecular flexibility index (Phi) is 4.53. The van der Waals surface area contributed by atoms with Crippen LogP contribution >= 0.6 is 0 Å². The van der Waals surface area contributed by atoms with Crippen molar-refractivity contribution in [1.29, 1.82) is 0 Å². The average molecular weight is 371 g/mol. The zero-order valence-corrected chi connectivity index (χ0v) is 16.2. The standard InChI is InChI=1S/C22H29NO4/c1-15(18-6-4-3-5-7-18)23(2)19(24)13-27-20(25)21-9-16-8-17(10-21)12-22(26,11-16)14-21/h3-7,15-17,26H,8-14H2,1-2H3/t15-,16+,17+,21?,22?/m0/s1. The van der Waals surface area contributed by atoms with Crippen molar-refractivity contribution in [2.45, 2.75) is 57.1 Å². The van der Waals surface area contributed by atoms with Gasteiger partial charge in [-0.1, -0.05) is 30.3 Å². The summed E-state index contributed by atoms with van der Waals surface area (Å²) in [6.07, 6.45) is 4.84. The fourth-order valence-electron chi connectivity index (χ4n) is 6.01. The van der Waals surface area contributed by atoms with Gasteiger partial charge in [0, 0.05) is 7.05 Å². The minimum absolute atomic E-state index is 0.0855. The van der Waals surface area contributed by atoms with Gasteiger partial charge in [-0.25, -0.2) is 0 Å². The Labute approximate surface area is 160 Å². The molecule has 5 heteroatoms. The molecular formula is C22H29NO4. The van der Waals surface area contributed by atoms with Gasteiger partial charge in [0.2, 0.25) is 0 Å². The first kappa shape index (κ1) is 18.5. The lowest BCUT2D eigenvalue weighted by Crippen LogP contribution is -2.58. The van der Waals surface area contributed by atoms with E-state index in [1.807, 2.05) is 37.3 Å². The topological polar surface area (TPSA) is 66.8 Å². The molecule has 1 aromatic carbocycles. The molecule has 0 unspecified atom stereocenters. The van der Waals surface area contributed by atoms with Crippen molar-refractivity contribution in [3.05, 3.63) is 35.9 Å². The summed E-state index contributed by atoms with van der Waals surface area (Å²) in [5.74, 6) is 0.341. The Morgan fingerprint density at radius 1 is 1.19 bits per heavy atom. The fraction of sp³-hybridized carbons (Fsp3) is 0.636. The van der Waals surface area contributed by atoms with Crippen LogP contribution in [0.5, 0.6) is 0 Å². The van der Waals surface area contributed by atoms with Crippen molar-refractivity contribution in [1.82, 2.24) is 4.90 Å². The summed E-state index contributed by atoms with van der Waals surface area (Å²) in [5.41, 5.74) is -0.239. The average Bonchev–Trinajstić information content (AvgIpc) is 2.63. The first-order valence-corrected chi connectivity index (χ1v) is 10.0. The summed E-state index contributed by atoms with van der Waals surface area (Å²) in [5, 5.41) is 10.8. The number of rotatable bonds is 5.